The minimum Gasteiger partial charge on any atom is -0.468 e. The summed E-state index contributed by atoms with van der Waals surface area (Å²) in [4.78, 5) is 36.8. The van der Waals surface area contributed by atoms with Crippen molar-refractivity contribution < 1.29 is 37.0 Å². The molecule has 0 fully saturated rings. The molecule has 11 nitrogen and oxygen atoms in total. The van der Waals surface area contributed by atoms with Gasteiger partial charge in [-0.25, -0.2) is 22.7 Å². The topological polar surface area (TPSA) is 140 Å². The molecule has 0 saturated carbocycles. The normalized spacial score (nSPS) is 12.1. The van der Waals surface area contributed by atoms with Crippen LogP contribution in [-0.4, -0.2) is 81.7 Å². The predicted octanol–water partition coefficient (Wildman–Crippen LogP) is 2.01. The molecule has 0 heterocycles. The molecule has 12 heteroatoms. The highest BCUT2D eigenvalue weighted by Crippen LogP contribution is 2.11. The van der Waals surface area contributed by atoms with Gasteiger partial charge in [0.2, 0.25) is 10.0 Å². The van der Waals surface area contributed by atoms with E-state index in [0.717, 1.165) is 7.11 Å². The van der Waals surface area contributed by atoms with E-state index in [1.165, 1.54) is 4.90 Å². The standard InChI is InChI=1S/C20H39N3O8S/c1-19(2,3)30-17(25)21-11-10-14-23(18(26)31-20(4,5)6)13-9-8-12-22-32(27,28)15-16(24)29-7/h22H,8-15H2,1-7H3,(H,21,25). The Morgan fingerprint density at radius 2 is 1.41 bits per heavy atom. The van der Waals surface area contributed by atoms with Crippen molar-refractivity contribution in [3.8, 4) is 0 Å². The van der Waals surface area contributed by atoms with Gasteiger partial charge in [0, 0.05) is 26.2 Å². The maximum Gasteiger partial charge on any atom is 0.410 e. The molecule has 32 heavy (non-hydrogen) atoms. The number of alkyl carbamates (subject to hydrolysis) is 1. The van der Waals surface area contributed by atoms with E-state index in [-0.39, 0.29) is 6.54 Å². The Balaban J connectivity index is 4.55. The minimum atomic E-state index is -3.75. The Labute approximate surface area is 191 Å². The number of carbonyl (C=O) groups is 3. The highest BCUT2D eigenvalue weighted by Gasteiger charge is 2.22. The first-order valence-corrected chi connectivity index (χ1v) is 12.2. The summed E-state index contributed by atoms with van der Waals surface area (Å²) in [5.74, 6) is -1.58. The number of methoxy groups -OCH3 is 1. The van der Waals surface area contributed by atoms with E-state index in [9.17, 15) is 22.8 Å². The van der Waals surface area contributed by atoms with Gasteiger partial charge in [-0.1, -0.05) is 0 Å². The number of sulfonamides is 1. The molecule has 0 rings (SSSR count). The van der Waals surface area contributed by atoms with Gasteiger partial charge in [-0.15, -0.1) is 0 Å². The molecule has 0 aromatic rings. The summed E-state index contributed by atoms with van der Waals surface area (Å²) in [5.41, 5.74) is -1.25. The van der Waals surface area contributed by atoms with Gasteiger partial charge in [0.1, 0.15) is 11.2 Å². The van der Waals surface area contributed by atoms with Crippen molar-refractivity contribution in [3.05, 3.63) is 0 Å². The zero-order chi connectivity index (χ0) is 25.0. The van der Waals surface area contributed by atoms with Crippen molar-refractivity contribution in [3.63, 3.8) is 0 Å². The number of esters is 1. The fraction of sp³-hybridized carbons (Fsp3) is 0.850. The highest BCUT2D eigenvalue weighted by atomic mass is 32.2. The first-order valence-electron chi connectivity index (χ1n) is 10.5. The van der Waals surface area contributed by atoms with Crippen LogP contribution in [0.4, 0.5) is 9.59 Å². The molecule has 0 aliphatic carbocycles. The van der Waals surface area contributed by atoms with Gasteiger partial charge < -0.3 is 24.4 Å². The SMILES string of the molecule is COC(=O)CS(=O)(=O)NCCCCN(CCCNC(=O)OC(C)(C)C)C(=O)OC(C)(C)C. The van der Waals surface area contributed by atoms with Gasteiger partial charge in [-0.3, -0.25) is 4.79 Å². The van der Waals surface area contributed by atoms with Crippen LogP contribution in [0.15, 0.2) is 0 Å². The maximum absolute atomic E-state index is 12.5. The Hall–Kier alpha value is -2.08. The summed E-state index contributed by atoms with van der Waals surface area (Å²) >= 11 is 0. The Kier molecular flexibility index (Phi) is 12.6. The van der Waals surface area contributed by atoms with E-state index >= 15 is 0 Å². The number of unbranched alkanes of at least 4 members (excludes halogenated alkanes) is 1. The maximum atomic E-state index is 12.5. The fourth-order valence-electron chi connectivity index (χ4n) is 2.32. The lowest BCUT2D eigenvalue weighted by atomic mass is 10.2. The minimum absolute atomic E-state index is 0.127. The molecule has 0 saturated heterocycles. The predicted molar refractivity (Wildman–Crippen MR) is 120 cm³/mol. The van der Waals surface area contributed by atoms with E-state index in [0.29, 0.717) is 38.9 Å². The number of hydrogen-bond acceptors (Lipinski definition) is 8. The van der Waals surface area contributed by atoms with Crippen LogP contribution >= 0.6 is 0 Å². The van der Waals surface area contributed by atoms with Crippen molar-refractivity contribution in [1.29, 1.82) is 0 Å². The van der Waals surface area contributed by atoms with Crippen molar-refractivity contribution >= 4 is 28.2 Å². The Morgan fingerprint density at radius 1 is 0.844 bits per heavy atom. The molecular formula is C20H39N3O8S. The van der Waals surface area contributed by atoms with E-state index in [1.54, 1.807) is 41.5 Å². The van der Waals surface area contributed by atoms with Crippen LogP contribution < -0.4 is 10.0 Å². The quantitative estimate of drug-likeness (QED) is 0.245. The van der Waals surface area contributed by atoms with Gasteiger partial charge in [0.15, 0.2) is 5.75 Å². The molecule has 0 aliphatic heterocycles. The fourth-order valence-corrected chi connectivity index (χ4v) is 3.30. The lowest BCUT2D eigenvalue weighted by Crippen LogP contribution is -2.40. The average Bonchev–Trinajstić information content (AvgIpc) is 2.59. The van der Waals surface area contributed by atoms with Gasteiger partial charge >= 0.3 is 18.2 Å². The smallest absolute Gasteiger partial charge is 0.410 e. The molecule has 0 radical (unpaired) electrons. The zero-order valence-electron chi connectivity index (χ0n) is 20.3. The average molecular weight is 482 g/mol. The largest absolute Gasteiger partial charge is 0.468 e. The van der Waals surface area contributed by atoms with E-state index in [1.807, 2.05) is 0 Å². The second-order valence-corrected chi connectivity index (χ2v) is 11.0. The molecule has 0 aromatic carbocycles. The van der Waals surface area contributed by atoms with Crippen LogP contribution in [0, 0.1) is 0 Å². The molecule has 0 unspecified atom stereocenters. The first-order chi connectivity index (χ1) is 14.5. The number of amides is 2. The Morgan fingerprint density at radius 3 is 1.94 bits per heavy atom. The molecule has 188 valence electrons. The van der Waals surface area contributed by atoms with Gasteiger partial charge in [-0.2, -0.15) is 0 Å². The van der Waals surface area contributed by atoms with Crippen LogP contribution in [0.3, 0.4) is 0 Å². The third kappa shape index (κ3) is 16.6. The summed E-state index contributed by atoms with van der Waals surface area (Å²) < 4.78 is 40.7. The number of nitrogens with one attached hydrogen (secondary N) is 2. The molecule has 0 aromatic heterocycles. The van der Waals surface area contributed by atoms with Crippen LogP contribution in [0.5, 0.6) is 0 Å². The van der Waals surface area contributed by atoms with Gasteiger partial charge in [0.05, 0.1) is 7.11 Å². The van der Waals surface area contributed by atoms with E-state index in [2.05, 4.69) is 14.8 Å². The van der Waals surface area contributed by atoms with Crippen molar-refractivity contribution in [2.24, 2.45) is 0 Å². The number of rotatable bonds is 12. The molecule has 2 amide bonds. The van der Waals surface area contributed by atoms with Gasteiger partial charge in [0.25, 0.3) is 0 Å². The van der Waals surface area contributed by atoms with Crippen molar-refractivity contribution in [1.82, 2.24) is 14.9 Å². The lowest BCUT2D eigenvalue weighted by molar-refractivity contribution is -0.137. The lowest BCUT2D eigenvalue weighted by Gasteiger charge is -2.27. The van der Waals surface area contributed by atoms with E-state index in [4.69, 9.17) is 9.47 Å². The number of hydrogen-bond donors (Lipinski definition) is 2. The van der Waals surface area contributed by atoms with Gasteiger partial charge in [-0.05, 0) is 60.8 Å². The van der Waals surface area contributed by atoms with Crippen molar-refractivity contribution in [2.75, 3.05) is 39.0 Å². The summed E-state index contributed by atoms with van der Waals surface area (Å²) in [6, 6.07) is 0. The molecule has 0 spiro atoms. The van der Waals surface area contributed by atoms with E-state index < -0.39 is 45.1 Å². The first kappa shape index (κ1) is 29.9. The zero-order valence-corrected chi connectivity index (χ0v) is 21.1. The Bertz CT molecular complexity index is 711. The molecule has 0 atom stereocenters. The number of nitrogens with zero attached hydrogens (tertiary/aromatic N) is 1. The molecule has 0 bridgehead atoms. The summed E-state index contributed by atoms with van der Waals surface area (Å²) in [5, 5.41) is 2.64. The van der Waals surface area contributed by atoms with Crippen LogP contribution in [0.2, 0.25) is 0 Å². The monoisotopic (exact) mass is 481 g/mol. The highest BCUT2D eigenvalue weighted by molar-refractivity contribution is 7.90. The second kappa shape index (κ2) is 13.5. The third-order valence-electron chi connectivity index (χ3n) is 3.64. The van der Waals surface area contributed by atoms with Crippen LogP contribution in [0.1, 0.15) is 60.8 Å². The summed E-state index contributed by atoms with van der Waals surface area (Å²) in [7, 11) is -2.64. The second-order valence-electron chi connectivity index (χ2n) is 9.19. The molecule has 2 N–H and O–H groups in total. The number of ether oxygens (including phenoxy) is 3. The summed E-state index contributed by atoms with van der Waals surface area (Å²) in [6.07, 6.45) is 0.446. The van der Waals surface area contributed by atoms with Crippen molar-refractivity contribution in [2.45, 2.75) is 72.0 Å². The summed E-state index contributed by atoms with van der Waals surface area (Å²) in [6.45, 7) is 11.8. The molecule has 0 aliphatic rings. The number of carbonyl (C=O) groups excluding carboxylic acids is 3. The van der Waals surface area contributed by atoms with Crippen LogP contribution in [-0.2, 0) is 29.0 Å². The molecular weight excluding hydrogens is 442 g/mol. The van der Waals surface area contributed by atoms with Crippen LogP contribution in [0.25, 0.3) is 0 Å². The third-order valence-corrected chi connectivity index (χ3v) is 4.90.